The second-order valence-corrected chi connectivity index (χ2v) is 4.79. The zero-order valence-corrected chi connectivity index (χ0v) is 12.0. The molecule has 0 aromatic heterocycles. The molecule has 2 rings (SSSR count). The third-order valence-corrected chi connectivity index (χ3v) is 3.23. The van der Waals surface area contributed by atoms with Crippen LogP contribution in [0.5, 0.6) is 0 Å². The Morgan fingerprint density at radius 3 is 2.29 bits per heavy atom. The van der Waals surface area contributed by atoms with Crippen molar-refractivity contribution in [2.24, 2.45) is 0 Å². The Hall–Kier alpha value is -2.33. The van der Waals surface area contributed by atoms with Crippen LogP contribution in [0.3, 0.4) is 0 Å². The van der Waals surface area contributed by atoms with E-state index < -0.39 is 5.97 Å². The zero-order valence-electron chi connectivity index (χ0n) is 12.0. The summed E-state index contributed by atoms with van der Waals surface area (Å²) in [5, 5.41) is 9.13. The lowest BCUT2D eigenvalue weighted by molar-refractivity contribution is -0.135. The maximum absolute atomic E-state index is 11.1. The zero-order chi connectivity index (χ0) is 15.1. The molecule has 4 heteroatoms. The number of benzene rings is 2. The van der Waals surface area contributed by atoms with Gasteiger partial charge in [-0.15, -0.1) is 0 Å². The number of ether oxygens (including phenoxy) is 1. The minimum atomic E-state index is -0.844. The van der Waals surface area contributed by atoms with Crippen LogP contribution < -0.4 is 4.90 Å². The Bertz CT molecular complexity index is 584. The number of hydrogen-bond acceptors (Lipinski definition) is 3. The Kier molecular flexibility index (Phi) is 5.35. The van der Waals surface area contributed by atoms with Gasteiger partial charge in [0.2, 0.25) is 0 Å². The van der Waals surface area contributed by atoms with Gasteiger partial charge in [-0.3, -0.25) is 4.79 Å². The fourth-order valence-electron chi connectivity index (χ4n) is 2.25. The number of rotatable bonds is 7. The van der Waals surface area contributed by atoms with E-state index in [-0.39, 0.29) is 6.54 Å². The molecule has 0 saturated carbocycles. The predicted molar refractivity (Wildman–Crippen MR) is 82.3 cm³/mol. The van der Waals surface area contributed by atoms with Crippen LogP contribution in [0, 0.1) is 0 Å². The maximum atomic E-state index is 11.1. The molecule has 0 atom stereocenters. The number of carboxylic acid groups (broad SMARTS) is 1. The minimum absolute atomic E-state index is 0.0364. The first-order valence-electron chi connectivity index (χ1n) is 6.78. The number of carboxylic acids is 1. The predicted octanol–water partition coefficient (Wildman–Crippen LogP) is 2.92. The van der Waals surface area contributed by atoms with Crippen LogP contribution >= 0.6 is 0 Å². The number of hydrogen-bond donors (Lipinski definition) is 1. The molecule has 0 aliphatic carbocycles. The van der Waals surface area contributed by atoms with Crippen LogP contribution in [-0.2, 0) is 22.7 Å². The normalized spacial score (nSPS) is 10.3. The highest BCUT2D eigenvalue weighted by Crippen LogP contribution is 2.19. The Balaban J connectivity index is 2.25. The van der Waals surface area contributed by atoms with Crippen molar-refractivity contribution in [1.82, 2.24) is 0 Å². The van der Waals surface area contributed by atoms with Crippen LogP contribution in [0.1, 0.15) is 11.1 Å². The summed E-state index contributed by atoms with van der Waals surface area (Å²) in [6.07, 6.45) is 0. The summed E-state index contributed by atoms with van der Waals surface area (Å²) in [4.78, 5) is 13.0. The third-order valence-electron chi connectivity index (χ3n) is 3.23. The van der Waals surface area contributed by atoms with E-state index in [0.717, 1.165) is 16.8 Å². The summed E-state index contributed by atoms with van der Waals surface area (Å²) in [5.41, 5.74) is 3.04. The number of anilines is 1. The Morgan fingerprint density at radius 2 is 1.67 bits per heavy atom. The number of nitrogens with zero attached hydrogens (tertiary/aromatic N) is 1. The van der Waals surface area contributed by atoms with Crippen LogP contribution in [0.25, 0.3) is 0 Å². The van der Waals surface area contributed by atoms with Gasteiger partial charge < -0.3 is 14.7 Å². The molecule has 0 bridgehead atoms. The maximum Gasteiger partial charge on any atom is 0.323 e. The first-order chi connectivity index (χ1) is 10.2. The number of aliphatic carboxylic acids is 1. The van der Waals surface area contributed by atoms with E-state index in [0.29, 0.717) is 13.2 Å². The van der Waals surface area contributed by atoms with Gasteiger partial charge in [-0.05, 0) is 23.3 Å². The second kappa shape index (κ2) is 7.45. The molecular formula is C17H19NO3. The van der Waals surface area contributed by atoms with E-state index in [1.54, 1.807) is 7.11 Å². The molecule has 0 radical (unpaired) electrons. The van der Waals surface area contributed by atoms with Crippen LogP contribution in [0.15, 0.2) is 54.6 Å². The number of carbonyl (C=O) groups is 1. The molecular weight excluding hydrogens is 266 g/mol. The molecule has 0 aliphatic rings. The van der Waals surface area contributed by atoms with Gasteiger partial charge in [0.25, 0.3) is 0 Å². The fraction of sp³-hybridized carbons (Fsp3) is 0.235. The van der Waals surface area contributed by atoms with Crippen molar-refractivity contribution in [1.29, 1.82) is 0 Å². The van der Waals surface area contributed by atoms with E-state index >= 15 is 0 Å². The number of para-hydroxylation sites is 1. The molecule has 2 aromatic carbocycles. The highest BCUT2D eigenvalue weighted by atomic mass is 16.5. The molecule has 0 aliphatic heterocycles. The average Bonchev–Trinajstić information content (AvgIpc) is 2.49. The van der Waals surface area contributed by atoms with E-state index in [1.807, 2.05) is 59.5 Å². The summed E-state index contributed by atoms with van der Waals surface area (Å²) >= 11 is 0. The van der Waals surface area contributed by atoms with Crippen molar-refractivity contribution in [3.63, 3.8) is 0 Å². The standard InChI is InChI=1S/C17H19NO3/c1-21-13-15-8-6-5-7-14(15)11-18(12-17(19)20)16-9-3-2-4-10-16/h2-10H,11-13H2,1H3,(H,19,20). The lowest BCUT2D eigenvalue weighted by Crippen LogP contribution is -2.29. The van der Waals surface area contributed by atoms with Gasteiger partial charge in [0, 0.05) is 19.3 Å². The van der Waals surface area contributed by atoms with Crippen LogP contribution in [0.2, 0.25) is 0 Å². The van der Waals surface area contributed by atoms with E-state index in [9.17, 15) is 4.79 Å². The molecule has 0 fully saturated rings. The summed E-state index contributed by atoms with van der Waals surface area (Å²) in [7, 11) is 1.66. The molecule has 0 spiro atoms. The summed E-state index contributed by atoms with van der Waals surface area (Å²) < 4.78 is 5.20. The van der Waals surface area contributed by atoms with Crippen LogP contribution in [-0.4, -0.2) is 24.7 Å². The first kappa shape index (κ1) is 15.1. The fourth-order valence-corrected chi connectivity index (χ4v) is 2.25. The molecule has 0 saturated heterocycles. The first-order valence-corrected chi connectivity index (χ1v) is 6.78. The highest BCUT2D eigenvalue weighted by molar-refractivity contribution is 5.73. The van der Waals surface area contributed by atoms with Crippen molar-refractivity contribution in [3.05, 3.63) is 65.7 Å². The largest absolute Gasteiger partial charge is 0.480 e. The molecule has 2 aromatic rings. The Morgan fingerprint density at radius 1 is 1.05 bits per heavy atom. The van der Waals surface area contributed by atoms with Crippen molar-refractivity contribution in [2.75, 3.05) is 18.6 Å². The Labute approximate surface area is 124 Å². The van der Waals surface area contributed by atoms with Gasteiger partial charge in [-0.2, -0.15) is 0 Å². The monoisotopic (exact) mass is 285 g/mol. The van der Waals surface area contributed by atoms with E-state index in [4.69, 9.17) is 9.84 Å². The van der Waals surface area contributed by atoms with Gasteiger partial charge in [-0.25, -0.2) is 0 Å². The van der Waals surface area contributed by atoms with Crippen molar-refractivity contribution in [2.45, 2.75) is 13.2 Å². The molecule has 1 N–H and O–H groups in total. The highest BCUT2D eigenvalue weighted by Gasteiger charge is 2.13. The minimum Gasteiger partial charge on any atom is -0.480 e. The van der Waals surface area contributed by atoms with E-state index in [1.165, 1.54) is 0 Å². The molecule has 0 amide bonds. The van der Waals surface area contributed by atoms with Crippen molar-refractivity contribution in [3.8, 4) is 0 Å². The van der Waals surface area contributed by atoms with Gasteiger partial charge >= 0.3 is 5.97 Å². The SMILES string of the molecule is COCc1ccccc1CN(CC(=O)O)c1ccccc1. The molecule has 110 valence electrons. The van der Waals surface area contributed by atoms with Crippen molar-refractivity contribution >= 4 is 11.7 Å². The van der Waals surface area contributed by atoms with Crippen molar-refractivity contribution < 1.29 is 14.6 Å². The summed E-state index contributed by atoms with van der Waals surface area (Å²) in [6, 6.07) is 17.5. The second-order valence-electron chi connectivity index (χ2n) is 4.79. The molecule has 4 nitrogen and oxygen atoms in total. The topological polar surface area (TPSA) is 49.8 Å². The summed E-state index contributed by atoms with van der Waals surface area (Å²) in [6.45, 7) is 1.02. The van der Waals surface area contributed by atoms with Crippen LogP contribution in [0.4, 0.5) is 5.69 Å². The lowest BCUT2D eigenvalue weighted by Gasteiger charge is -2.24. The van der Waals surface area contributed by atoms with Gasteiger partial charge in [-0.1, -0.05) is 42.5 Å². The van der Waals surface area contributed by atoms with E-state index in [2.05, 4.69) is 0 Å². The third kappa shape index (κ3) is 4.33. The number of methoxy groups -OCH3 is 1. The molecule has 21 heavy (non-hydrogen) atoms. The summed E-state index contributed by atoms with van der Waals surface area (Å²) in [5.74, 6) is -0.844. The molecule has 0 unspecified atom stereocenters. The van der Waals surface area contributed by atoms with Gasteiger partial charge in [0.15, 0.2) is 0 Å². The smallest absolute Gasteiger partial charge is 0.323 e. The molecule has 0 heterocycles. The van der Waals surface area contributed by atoms with Gasteiger partial charge in [0.1, 0.15) is 6.54 Å². The quantitative estimate of drug-likeness (QED) is 0.849. The average molecular weight is 285 g/mol. The van der Waals surface area contributed by atoms with Gasteiger partial charge in [0.05, 0.1) is 6.61 Å². The lowest BCUT2D eigenvalue weighted by atomic mass is 10.1.